The fourth-order valence-corrected chi connectivity index (χ4v) is 2.73. The summed E-state index contributed by atoms with van der Waals surface area (Å²) in [5, 5.41) is 9.29. The van der Waals surface area contributed by atoms with E-state index in [4.69, 9.17) is 0 Å². The molecule has 4 nitrogen and oxygen atoms in total. The largest absolute Gasteiger partial charge is 0.481 e. The lowest BCUT2D eigenvalue weighted by Gasteiger charge is -2.33. The summed E-state index contributed by atoms with van der Waals surface area (Å²) in [6, 6.07) is 0.125. The number of carboxylic acids is 1. The van der Waals surface area contributed by atoms with E-state index >= 15 is 0 Å². The molecule has 0 aromatic carbocycles. The van der Waals surface area contributed by atoms with Crippen LogP contribution in [0, 0.1) is 11.8 Å². The molecule has 0 spiro atoms. The van der Waals surface area contributed by atoms with Crippen molar-refractivity contribution in [2.24, 2.45) is 11.8 Å². The molecule has 0 radical (unpaired) electrons. The zero-order chi connectivity index (χ0) is 15.1. The van der Waals surface area contributed by atoms with E-state index in [1.165, 1.54) is 0 Å². The van der Waals surface area contributed by atoms with Crippen LogP contribution in [0.2, 0.25) is 0 Å². The maximum Gasteiger partial charge on any atom is 0.307 e. The van der Waals surface area contributed by atoms with Gasteiger partial charge in [0.15, 0.2) is 0 Å². The van der Waals surface area contributed by atoms with Gasteiger partial charge >= 0.3 is 5.97 Å². The van der Waals surface area contributed by atoms with E-state index in [1.807, 2.05) is 30.9 Å². The van der Waals surface area contributed by atoms with Gasteiger partial charge in [0.25, 0.3) is 0 Å². The van der Waals surface area contributed by atoms with Gasteiger partial charge in [-0.25, -0.2) is 0 Å². The minimum Gasteiger partial charge on any atom is -0.481 e. The molecule has 1 amide bonds. The molecule has 0 aliphatic heterocycles. The van der Waals surface area contributed by atoms with Crippen LogP contribution in [0.4, 0.5) is 0 Å². The Labute approximate surface area is 121 Å². The summed E-state index contributed by atoms with van der Waals surface area (Å²) in [5.41, 5.74) is 0. The van der Waals surface area contributed by atoms with Crippen molar-refractivity contribution in [2.45, 2.75) is 58.9 Å². The highest BCUT2D eigenvalue weighted by atomic mass is 16.4. The van der Waals surface area contributed by atoms with Crippen molar-refractivity contribution in [3.63, 3.8) is 0 Å². The molecule has 0 saturated carbocycles. The number of carbonyl (C=O) groups is 2. The van der Waals surface area contributed by atoms with Crippen LogP contribution < -0.4 is 0 Å². The Morgan fingerprint density at radius 1 is 1.20 bits per heavy atom. The molecular formula is C16H27NO3. The maximum absolute atomic E-state index is 12.7. The smallest absolute Gasteiger partial charge is 0.307 e. The first-order chi connectivity index (χ1) is 9.49. The quantitative estimate of drug-likeness (QED) is 0.576. The molecule has 0 aromatic heterocycles. The summed E-state index contributed by atoms with van der Waals surface area (Å²) in [7, 11) is 0. The Morgan fingerprint density at radius 3 is 2.30 bits per heavy atom. The number of unbranched alkanes of at least 4 members (excludes halogenated alkanes) is 2. The second kappa shape index (κ2) is 8.08. The molecule has 20 heavy (non-hydrogen) atoms. The highest BCUT2D eigenvalue weighted by Gasteiger charge is 2.36. The van der Waals surface area contributed by atoms with Crippen molar-refractivity contribution in [3.8, 4) is 0 Å². The maximum atomic E-state index is 12.7. The second-order valence-electron chi connectivity index (χ2n) is 5.83. The van der Waals surface area contributed by atoms with Crippen LogP contribution >= 0.6 is 0 Å². The van der Waals surface area contributed by atoms with Crippen molar-refractivity contribution in [1.82, 2.24) is 4.90 Å². The molecule has 4 heteroatoms. The van der Waals surface area contributed by atoms with Gasteiger partial charge < -0.3 is 10.0 Å². The number of carboxylic acid groups (broad SMARTS) is 1. The van der Waals surface area contributed by atoms with Crippen LogP contribution in [0.25, 0.3) is 0 Å². The van der Waals surface area contributed by atoms with Crippen molar-refractivity contribution in [3.05, 3.63) is 12.2 Å². The third-order valence-electron chi connectivity index (χ3n) is 3.98. The van der Waals surface area contributed by atoms with E-state index in [9.17, 15) is 14.7 Å². The molecule has 1 rings (SSSR count). The van der Waals surface area contributed by atoms with E-state index in [0.29, 0.717) is 12.8 Å². The number of hydrogen-bond donors (Lipinski definition) is 1. The predicted molar refractivity (Wildman–Crippen MR) is 79.4 cm³/mol. The summed E-state index contributed by atoms with van der Waals surface area (Å²) < 4.78 is 0. The number of rotatable bonds is 7. The summed E-state index contributed by atoms with van der Waals surface area (Å²) in [6.45, 7) is 6.86. The molecule has 114 valence electrons. The highest BCUT2D eigenvalue weighted by Crippen LogP contribution is 2.28. The van der Waals surface area contributed by atoms with Gasteiger partial charge in [-0.05, 0) is 33.1 Å². The molecule has 2 unspecified atom stereocenters. The lowest BCUT2D eigenvalue weighted by Crippen LogP contribution is -2.45. The van der Waals surface area contributed by atoms with Crippen molar-refractivity contribution >= 4 is 11.9 Å². The number of hydrogen-bond acceptors (Lipinski definition) is 2. The van der Waals surface area contributed by atoms with Crippen LogP contribution in [-0.2, 0) is 9.59 Å². The number of aliphatic carboxylic acids is 1. The molecule has 0 fully saturated rings. The molecular weight excluding hydrogens is 254 g/mol. The molecule has 0 aromatic rings. The van der Waals surface area contributed by atoms with Crippen molar-refractivity contribution in [1.29, 1.82) is 0 Å². The van der Waals surface area contributed by atoms with E-state index in [2.05, 4.69) is 6.92 Å². The number of nitrogens with zero attached hydrogens (tertiary/aromatic N) is 1. The molecule has 0 bridgehead atoms. The van der Waals surface area contributed by atoms with E-state index in [-0.39, 0.29) is 11.9 Å². The normalized spacial score (nSPS) is 22.0. The molecule has 0 saturated heterocycles. The molecule has 1 N–H and O–H groups in total. The summed E-state index contributed by atoms with van der Waals surface area (Å²) in [4.78, 5) is 25.9. The first kappa shape index (κ1) is 16.7. The van der Waals surface area contributed by atoms with Crippen LogP contribution in [-0.4, -0.2) is 34.5 Å². The van der Waals surface area contributed by atoms with Gasteiger partial charge in [-0.15, -0.1) is 0 Å². The van der Waals surface area contributed by atoms with E-state index in [1.54, 1.807) is 0 Å². The minimum atomic E-state index is -0.857. The zero-order valence-corrected chi connectivity index (χ0v) is 12.8. The Balaban J connectivity index is 2.76. The van der Waals surface area contributed by atoms with Crippen LogP contribution in [0.3, 0.4) is 0 Å². The van der Waals surface area contributed by atoms with E-state index in [0.717, 1.165) is 25.8 Å². The summed E-state index contributed by atoms with van der Waals surface area (Å²) >= 11 is 0. The second-order valence-corrected chi connectivity index (χ2v) is 5.83. The van der Waals surface area contributed by atoms with Gasteiger partial charge in [-0.1, -0.05) is 31.9 Å². The lowest BCUT2D eigenvalue weighted by molar-refractivity contribution is -0.151. The Morgan fingerprint density at radius 2 is 1.80 bits per heavy atom. The zero-order valence-electron chi connectivity index (χ0n) is 12.8. The average molecular weight is 281 g/mol. The molecule has 1 aliphatic rings. The fourth-order valence-electron chi connectivity index (χ4n) is 2.73. The predicted octanol–water partition coefficient (Wildman–Crippen LogP) is 3.08. The number of allylic oxidation sites excluding steroid dienone is 2. The molecule has 0 heterocycles. The van der Waals surface area contributed by atoms with Gasteiger partial charge in [-0.3, -0.25) is 9.59 Å². The first-order valence-electron chi connectivity index (χ1n) is 7.67. The van der Waals surface area contributed by atoms with Crippen LogP contribution in [0.15, 0.2) is 12.2 Å². The van der Waals surface area contributed by atoms with Crippen LogP contribution in [0.5, 0.6) is 0 Å². The van der Waals surface area contributed by atoms with Gasteiger partial charge in [0.1, 0.15) is 0 Å². The summed E-state index contributed by atoms with van der Waals surface area (Å²) in [5.74, 6) is -1.82. The van der Waals surface area contributed by atoms with Gasteiger partial charge in [0, 0.05) is 12.6 Å². The fraction of sp³-hybridized carbons (Fsp3) is 0.750. The van der Waals surface area contributed by atoms with Crippen molar-refractivity contribution in [2.75, 3.05) is 6.54 Å². The third kappa shape index (κ3) is 4.36. The Bertz CT molecular complexity index is 363. The third-order valence-corrected chi connectivity index (χ3v) is 3.98. The highest BCUT2D eigenvalue weighted by molar-refractivity contribution is 5.85. The molecule has 2 atom stereocenters. The minimum absolute atomic E-state index is 0.00727. The average Bonchev–Trinajstić information content (AvgIpc) is 2.42. The van der Waals surface area contributed by atoms with Crippen LogP contribution in [0.1, 0.15) is 52.9 Å². The SMILES string of the molecule is CCCCCN(C(=O)C1CC=CCC1C(=O)O)C(C)C. The number of carbonyl (C=O) groups excluding carboxylic acids is 1. The standard InChI is InChI=1S/C16H27NO3/c1-4-5-8-11-17(12(2)3)15(18)13-9-6-7-10-14(13)16(19)20/h6-7,12-14H,4-5,8-11H2,1-3H3,(H,19,20). The van der Waals surface area contributed by atoms with Gasteiger partial charge in [0.05, 0.1) is 11.8 Å². The number of amides is 1. The summed E-state index contributed by atoms with van der Waals surface area (Å²) in [6.07, 6.45) is 8.03. The molecule has 1 aliphatic carbocycles. The van der Waals surface area contributed by atoms with E-state index < -0.39 is 17.8 Å². The van der Waals surface area contributed by atoms with Gasteiger partial charge in [-0.2, -0.15) is 0 Å². The Hall–Kier alpha value is -1.32. The lowest BCUT2D eigenvalue weighted by atomic mass is 9.82. The Kier molecular flexibility index (Phi) is 6.76. The van der Waals surface area contributed by atoms with Gasteiger partial charge in [0.2, 0.25) is 5.91 Å². The van der Waals surface area contributed by atoms with Crippen molar-refractivity contribution < 1.29 is 14.7 Å². The topological polar surface area (TPSA) is 57.6 Å². The first-order valence-corrected chi connectivity index (χ1v) is 7.67. The monoisotopic (exact) mass is 281 g/mol.